The van der Waals surface area contributed by atoms with E-state index in [4.69, 9.17) is 8.83 Å². The topological polar surface area (TPSA) is 45.9 Å². The maximum absolute atomic E-state index is 6.60. The zero-order valence-electron chi connectivity index (χ0n) is 79.4. The van der Waals surface area contributed by atoms with Gasteiger partial charge in [-0.05, 0) is 239 Å². The number of para-hydroxylation sites is 11. The first-order chi connectivity index (χ1) is 73.0. The standard InChI is InChI=1S/C48H30N2O.C48H30N2S.C42H25NOS/c2*1-3-12-34(13-4-1)49(43-20-11-18-40-38-16-7-9-19-42(38)50(47(40)43)35-14-5-2-6-15-35)36-27-29-37-33(30-36)25-24-31-22-23-32-26-28-41-39-17-8-10-21-44(39)51-48(41)46(32)45(31)37;1-2-11-27(12-3-1)43(35-17-10-19-37-41(35)32-15-6-8-18-36(32)44-37)28-22-24-29-26(25-28)21-23-34-39(29)30-13-4-5-14-31(30)40-33-16-7-9-20-38(33)45-42(34)40/h2*1-30H;1-25H. The number of aromatic nitrogens is 2. The SMILES string of the molecule is c1ccc(N(c2ccc3c(ccc4c5sc6ccccc6c5c5ccccc5c34)c2)c2cccc3oc4ccccc4c23)cc1.c1ccc(N(c2ccc3c(ccc4ccc5ccc6c7ccccc7oc6c5c43)c2)c2cccc3c4ccccc4n(-c4ccccc4)c23)cc1.c1ccc(N(c2ccc3c(ccc4ccc5ccc6c7ccccc7sc6c5c43)c2)c2cccc3c4ccccc4n(-c4ccccc4)c23)cc1. The Hall–Kier alpha value is -18.9. The molecule has 0 saturated carbocycles. The van der Waals surface area contributed by atoms with Crippen LogP contribution in [0.4, 0.5) is 51.2 Å². The second kappa shape index (κ2) is 33.9. The summed E-state index contributed by atoms with van der Waals surface area (Å²) in [7, 11) is 0. The number of thiophene rings is 2. The molecule has 6 heterocycles. The Morgan fingerprint density at radius 2 is 0.510 bits per heavy atom. The summed E-state index contributed by atoms with van der Waals surface area (Å²) in [4.78, 5) is 7.20. The molecule has 26 aromatic carbocycles. The maximum atomic E-state index is 6.60. The molecule has 6 aromatic heterocycles. The molecule has 0 spiro atoms. The molecule has 32 aromatic rings. The molecule has 0 amide bonds. The van der Waals surface area contributed by atoms with E-state index in [1.165, 1.54) is 176 Å². The molecule has 0 aliphatic heterocycles. The first-order valence-electron chi connectivity index (χ1n) is 50.2. The molecule has 9 heteroatoms. The predicted octanol–water partition coefficient (Wildman–Crippen LogP) is 40.6. The first kappa shape index (κ1) is 83.8. The van der Waals surface area contributed by atoms with E-state index in [-0.39, 0.29) is 0 Å². The molecule has 0 fully saturated rings. The Balaban J connectivity index is 0.000000102. The number of hydrogen-bond acceptors (Lipinski definition) is 7. The van der Waals surface area contributed by atoms with E-state index in [1.807, 2.05) is 40.9 Å². The van der Waals surface area contributed by atoms with E-state index in [2.05, 4.69) is 521 Å². The summed E-state index contributed by atoms with van der Waals surface area (Å²) in [5, 5.41) is 37.5. The quantitative estimate of drug-likeness (QED) is 0.121. The van der Waals surface area contributed by atoms with Crippen LogP contribution in [-0.2, 0) is 0 Å². The summed E-state index contributed by atoms with van der Waals surface area (Å²) in [5.41, 5.74) is 20.7. The van der Waals surface area contributed by atoms with Crippen molar-refractivity contribution >= 4 is 299 Å². The molecule has 0 N–H and O–H groups in total. The zero-order valence-corrected chi connectivity index (χ0v) is 81.1. The van der Waals surface area contributed by atoms with Crippen molar-refractivity contribution in [2.45, 2.75) is 0 Å². The lowest BCUT2D eigenvalue weighted by Crippen LogP contribution is -2.11. The van der Waals surface area contributed by atoms with Gasteiger partial charge >= 0.3 is 0 Å². The lowest BCUT2D eigenvalue weighted by Gasteiger charge is -2.27. The number of rotatable bonds is 11. The molecule has 0 radical (unpaired) electrons. The van der Waals surface area contributed by atoms with Crippen LogP contribution in [0.15, 0.2) is 524 Å². The van der Waals surface area contributed by atoms with Crippen LogP contribution < -0.4 is 14.7 Å². The monoisotopic (exact) mass is 1910 g/mol. The van der Waals surface area contributed by atoms with Gasteiger partial charge in [0.25, 0.3) is 0 Å². The maximum Gasteiger partial charge on any atom is 0.143 e. The van der Waals surface area contributed by atoms with E-state index in [9.17, 15) is 0 Å². The number of nitrogens with zero attached hydrogens (tertiary/aromatic N) is 5. The highest BCUT2D eigenvalue weighted by molar-refractivity contribution is 7.27. The van der Waals surface area contributed by atoms with E-state index in [0.717, 1.165) is 112 Å². The van der Waals surface area contributed by atoms with E-state index in [1.54, 1.807) is 0 Å². The van der Waals surface area contributed by atoms with Gasteiger partial charge in [-0.3, -0.25) is 0 Å². The summed E-state index contributed by atoms with van der Waals surface area (Å²) >= 11 is 3.81. The fourth-order valence-corrected chi connectivity index (χ4v) is 26.4. The van der Waals surface area contributed by atoms with Crippen LogP contribution >= 0.6 is 22.7 Å². The predicted molar refractivity (Wildman–Crippen MR) is 630 cm³/mol. The minimum Gasteiger partial charge on any atom is -0.456 e. The highest BCUT2D eigenvalue weighted by atomic mass is 32.1. The fourth-order valence-electron chi connectivity index (χ4n) is 23.9. The van der Waals surface area contributed by atoms with Crippen molar-refractivity contribution in [1.82, 2.24) is 9.13 Å². The summed E-state index contributed by atoms with van der Waals surface area (Å²) in [5.74, 6) is 0. The molecule has 0 bridgehead atoms. The number of fused-ring (bicyclic) bond motifs is 37. The Labute approximate surface area is 851 Å². The first-order valence-corrected chi connectivity index (χ1v) is 51.8. The number of anilines is 9. The normalized spacial score (nSPS) is 11.9. The molecule has 0 aliphatic rings. The zero-order chi connectivity index (χ0) is 96.4. The van der Waals surface area contributed by atoms with Gasteiger partial charge in [-0.2, -0.15) is 0 Å². The van der Waals surface area contributed by atoms with Gasteiger partial charge in [0.2, 0.25) is 0 Å². The van der Waals surface area contributed by atoms with Crippen LogP contribution in [0.1, 0.15) is 0 Å². The van der Waals surface area contributed by atoms with Crippen molar-refractivity contribution in [1.29, 1.82) is 0 Å². The minimum atomic E-state index is 0.889. The molecule has 147 heavy (non-hydrogen) atoms. The third-order valence-electron chi connectivity index (χ3n) is 30.2. The van der Waals surface area contributed by atoms with Gasteiger partial charge in [-0.25, -0.2) is 0 Å². The van der Waals surface area contributed by atoms with Gasteiger partial charge in [0, 0.05) is 145 Å². The van der Waals surface area contributed by atoms with Crippen molar-refractivity contribution in [3.63, 3.8) is 0 Å². The van der Waals surface area contributed by atoms with Gasteiger partial charge in [0.15, 0.2) is 0 Å². The lowest BCUT2D eigenvalue weighted by molar-refractivity contribution is 0.669. The van der Waals surface area contributed by atoms with E-state index < -0.39 is 0 Å². The molecule has 0 unspecified atom stereocenters. The summed E-state index contributed by atoms with van der Waals surface area (Å²) in [6.45, 7) is 0. The van der Waals surface area contributed by atoms with Gasteiger partial charge in [0.05, 0.1) is 44.5 Å². The fraction of sp³-hybridized carbons (Fsp3) is 0. The second-order valence-corrected chi connectivity index (χ2v) is 40.4. The molecule has 686 valence electrons. The molecule has 0 atom stereocenters. The molecule has 7 nitrogen and oxygen atoms in total. The number of benzene rings is 26. The molecule has 0 saturated heterocycles. The van der Waals surface area contributed by atoms with Crippen molar-refractivity contribution in [3.05, 3.63) is 516 Å². The summed E-state index contributed by atoms with van der Waals surface area (Å²) in [6.07, 6.45) is 0. The van der Waals surface area contributed by atoms with Crippen molar-refractivity contribution in [3.8, 4) is 11.4 Å². The van der Waals surface area contributed by atoms with Crippen LogP contribution in [0.2, 0.25) is 0 Å². The highest BCUT2D eigenvalue weighted by Gasteiger charge is 2.29. The van der Waals surface area contributed by atoms with Crippen LogP contribution in [0.5, 0.6) is 0 Å². The largest absolute Gasteiger partial charge is 0.456 e. The van der Waals surface area contributed by atoms with Crippen LogP contribution in [0, 0.1) is 0 Å². The third-order valence-corrected chi connectivity index (χ3v) is 32.6. The van der Waals surface area contributed by atoms with Crippen molar-refractivity contribution in [2.75, 3.05) is 14.7 Å². The number of furan rings is 2. The Bertz CT molecular complexity index is 10600. The Morgan fingerprint density at radius 3 is 1.05 bits per heavy atom. The minimum absolute atomic E-state index is 0.889. The van der Waals surface area contributed by atoms with E-state index in [0.29, 0.717) is 0 Å². The summed E-state index contributed by atoms with van der Waals surface area (Å²) < 4.78 is 23.1. The Morgan fingerprint density at radius 1 is 0.170 bits per heavy atom. The van der Waals surface area contributed by atoms with Crippen LogP contribution in [-0.4, -0.2) is 9.13 Å². The average molecular weight is 1910 g/mol. The average Bonchev–Trinajstić information content (AvgIpc) is 1.41. The van der Waals surface area contributed by atoms with Gasteiger partial charge in [-0.1, -0.05) is 352 Å². The van der Waals surface area contributed by atoms with Gasteiger partial charge in [0.1, 0.15) is 22.3 Å². The van der Waals surface area contributed by atoms with Crippen molar-refractivity contribution < 1.29 is 8.83 Å². The molecule has 0 aliphatic carbocycles. The third kappa shape index (κ3) is 13.3. The summed E-state index contributed by atoms with van der Waals surface area (Å²) in [6, 6.07) is 187. The smallest absolute Gasteiger partial charge is 0.143 e. The Kier molecular flexibility index (Phi) is 19.3. The van der Waals surface area contributed by atoms with Crippen LogP contribution in [0.25, 0.3) is 236 Å². The van der Waals surface area contributed by atoms with Gasteiger partial charge in [-0.15, -0.1) is 22.7 Å². The van der Waals surface area contributed by atoms with Gasteiger partial charge < -0.3 is 32.7 Å². The van der Waals surface area contributed by atoms with Crippen molar-refractivity contribution in [2.24, 2.45) is 0 Å². The lowest BCUT2D eigenvalue weighted by atomic mass is 9.93. The van der Waals surface area contributed by atoms with Crippen LogP contribution in [0.3, 0.4) is 0 Å². The number of hydrogen-bond donors (Lipinski definition) is 0. The molecular weight excluding hydrogens is 1820 g/mol. The second-order valence-electron chi connectivity index (χ2n) is 38.3. The highest BCUT2D eigenvalue weighted by Crippen LogP contribution is 2.54. The molecular formula is C138H85N5O2S2. The van der Waals surface area contributed by atoms with E-state index >= 15 is 0 Å². The molecule has 32 rings (SSSR count).